The summed E-state index contributed by atoms with van der Waals surface area (Å²) < 4.78 is 5.12. The van der Waals surface area contributed by atoms with Gasteiger partial charge in [0, 0.05) is 17.8 Å². The first kappa shape index (κ1) is 12.6. The molecule has 0 saturated carbocycles. The summed E-state index contributed by atoms with van der Waals surface area (Å²) >= 11 is 0. The molecule has 0 aromatic carbocycles. The Labute approximate surface area is 85.1 Å². The van der Waals surface area contributed by atoms with E-state index in [2.05, 4.69) is 4.98 Å². The van der Waals surface area contributed by atoms with Crippen LogP contribution in [0.2, 0.25) is 0 Å². The summed E-state index contributed by atoms with van der Waals surface area (Å²) in [5.74, 6) is 0.577. The van der Waals surface area contributed by atoms with Crippen LogP contribution in [-0.2, 0) is 0 Å². The molecule has 0 radical (unpaired) electrons. The Balaban J connectivity index is 0.000000791. The normalized spacial score (nSPS) is 8.57. The molecule has 0 amide bonds. The average molecular weight is 195 g/mol. The van der Waals surface area contributed by atoms with Crippen LogP contribution in [0.15, 0.2) is 18.3 Å². The van der Waals surface area contributed by atoms with E-state index in [1.54, 1.807) is 12.1 Å². The molecular weight excluding hydrogens is 178 g/mol. The number of aromatic nitrogens is 1. The summed E-state index contributed by atoms with van der Waals surface area (Å²) in [5.41, 5.74) is 0.610. The lowest BCUT2D eigenvalue weighted by Gasteiger charge is -2.00. The number of Topliss-reactive ketones (excluding diaryl/α,β-unsaturated/α-hetero) is 1. The Morgan fingerprint density at radius 2 is 2.07 bits per heavy atom. The molecule has 1 aromatic heterocycles. The quantitative estimate of drug-likeness (QED) is 0.696. The van der Waals surface area contributed by atoms with Crippen molar-refractivity contribution in [3.05, 3.63) is 23.9 Å². The second kappa shape index (κ2) is 7.06. The first-order chi connectivity index (χ1) is 6.74. The summed E-state index contributed by atoms with van der Waals surface area (Å²) in [7, 11) is 0. The fraction of sp³-hybridized carbons (Fsp3) is 0.455. The molecule has 1 rings (SSSR count). The van der Waals surface area contributed by atoms with Gasteiger partial charge in [-0.15, -0.1) is 0 Å². The van der Waals surface area contributed by atoms with Gasteiger partial charge in [-0.2, -0.15) is 0 Å². The van der Waals surface area contributed by atoms with Crippen molar-refractivity contribution in [2.24, 2.45) is 0 Å². The van der Waals surface area contributed by atoms with Crippen molar-refractivity contribution in [1.82, 2.24) is 4.98 Å². The monoisotopic (exact) mass is 195 g/mol. The molecule has 78 valence electrons. The maximum absolute atomic E-state index is 10.8. The summed E-state index contributed by atoms with van der Waals surface area (Å²) in [6, 6.07) is 3.40. The van der Waals surface area contributed by atoms with Crippen molar-refractivity contribution >= 4 is 5.78 Å². The Morgan fingerprint density at radius 3 is 2.43 bits per heavy atom. The van der Waals surface area contributed by atoms with Crippen LogP contribution in [0.25, 0.3) is 0 Å². The topological polar surface area (TPSA) is 39.2 Å². The predicted molar refractivity (Wildman–Crippen MR) is 56.8 cm³/mol. The van der Waals surface area contributed by atoms with Gasteiger partial charge >= 0.3 is 0 Å². The Hall–Kier alpha value is -1.38. The van der Waals surface area contributed by atoms with Crippen LogP contribution in [0.4, 0.5) is 0 Å². The van der Waals surface area contributed by atoms with E-state index in [0.29, 0.717) is 18.1 Å². The van der Waals surface area contributed by atoms with Gasteiger partial charge in [-0.3, -0.25) is 4.79 Å². The van der Waals surface area contributed by atoms with Crippen LogP contribution >= 0.6 is 0 Å². The molecule has 1 aromatic rings. The number of rotatable bonds is 3. The SMILES string of the molecule is CC.CCOc1ccc(C(C)=O)cn1. The van der Waals surface area contributed by atoms with Gasteiger partial charge in [0.2, 0.25) is 5.88 Å². The lowest BCUT2D eigenvalue weighted by atomic mass is 10.2. The van der Waals surface area contributed by atoms with Crippen LogP contribution in [0, 0.1) is 0 Å². The zero-order valence-corrected chi connectivity index (χ0v) is 9.20. The minimum atomic E-state index is 0.0190. The minimum Gasteiger partial charge on any atom is -0.478 e. The third kappa shape index (κ3) is 4.03. The Kier molecular flexibility index (Phi) is 6.37. The maximum atomic E-state index is 10.8. The molecule has 0 aliphatic heterocycles. The molecule has 3 heteroatoms. The zero-order chi connectivity index (χ0) is 11.0. The van der Waals surface area contributed by atoms with Crippen molar-refractivity contribution in [3.8, 4) is 5.88 Å². The lowest BCUT2D eigenvalue weighted by Crippen LogP contribution is -1.97. The van der Waals surface area contributed by atoms with Gasteiger partial charge < -0.3 is 4.74 Å². The summed E-state index contributed by atoms with van der Waals surface area (Å²) in [5, 5.41) is 0. The molecule has 0 spiro atoms. The number of pyridine rings is 1. The molecule has 0 unspecified atom stereocenters. The van der Waals surface area contributed by atoms with Crippen LogP contribution < -0.4 is 4.74 Å². The highest BCUT2D eigenvalue weighted by atomic mass is 16.5. The van der Waals surface area contributed by atoms with Gasteiger partial charge in [-0.05, 0) is 19.9 Å². The third-order valence-electron chi connectivity index (χ3n) is 1.44. The molecule has 3 nitrogen and oxygen atoms in total. The van der Waals surface area contributed by atoms with Crippen molar-refractivity contribution in [2.75, 3.05) is 6.61 Å². The summed E-state index contributed by atoms with van der Waals surface area (Å²) in [6.07, 6.45) is 1.52. The molecule has 0 N–H and O–H groups in total. The first-order valence-electron chi connectivity index (χ1n) is 4.84. The van der Waals surface area contributed by atoms with Gasteiger partial charge in [-0.1, -0.05) is 13.8 Å². The van der Waals surface area contributed by atoms with Crippen LogP contribution in [0.3, 0.4) is 0 Å². The number of carbonyl (C=O) groups is 1. The predicted octanol–water partition coefficient (Wildman–Crippen LogP) is 2.71. The Bertz CT molecular complexity index is 267. The van der Waals surface area contributed by atoms with E-state index in [4.69, 9.17) is 4.74 Å². The maximum Gasteiger partial charge on any atom is 0.213 e. The number of ether oxygens (including phenoxy) is 1. The van der Waals surface area contributed by atoms with Gasteiger partial charge in [0.15, 0.2) is 5.78 Å². The number of ketones is 1. The molecule has 0 bridgehead atoms. The zero-order valence-electron chi connectivity index (χ0n) is 9.20. The number of hydrogen-bond donors (Lipinski definition) is 0. The van der Waals surface area contributed by atoms with Gasteiger partial charge in [0.1, 0.15) is 0 Å². The number of nitrogens with zero attached hydrogens (tertiary/aromatic N) is 1. The van der Waals surface area contributed by atoms with E-state index < -0.39 is 0 Å². The highest BCUT2D eigenvalue weighted by Crippen LogP contribution is 2.07. The molecule has 0 fully saturated rings. The van der Waals surface area contributed by atoms with Gasteiger partial charge in [0.05, 0.1) is 6.61 Å². The average Bonchev–Trinajstić information content (AvgIpc) is 2.22. The smallest absolute Gasteiger partial charge is 0.213 e. The van der Waals surface area contributed by atoms with Crippen LogP contribution in [0.1, 0.15) is 38.1 Å². The molecule has 0 atom stereocenters. The fourth-order valence-corrected chi connectivity index (χ4v) is 0.822. The molecule has 14 heavy (non-hydrogen) atoms. The molecular formula is C11H17NO2. The molecule has 0 aliphatic carbocycles. The van der Waals surface area contributed by atoms with E-state index in [9.17, 15) is 4.79 Å². The summed E-state index contributed by atoms with van der Waals surface area (Å²) in [4.78, 5) is 14.8. The molecule has 1 heterocycles. The van der Waals surface area contributed by atoms with Crippen molar-refractivity contribution in [3.63, 3.8) is 0 Å². The van der Waals surface area contributed by atoms with E-state index in [1.807, 2.05) is 20.8 Å². The van der Waals surface area contributed by atoms with E-state index in [-0.39, 0.29) is 5.78 Å². The van der Waals surface area contributed by atoms with Crippen molar-refractivity contribution in [1.29, 1.82) is 0 Å². The highest BCUT2D eigenvalue weighted by molar-refractivity contribution is 5.93. The van der Waals surface area contributed by atoms with Gasteiger partial charge in [0.25, 0.3) is 0 Å². The van der Waals surface area contributed by atoms with Crippen molar-refractivity contribution < 1.29 is 9.53 Å². The van der Waals surface area contributed by atoms with E-state index in [0.717, 1.165) is 0 Å². The minimum absolute atomic E-state index is 0.0190. The lowest BCUT2D eigenvalue weighted by molar-refractivity contribution is 0.101. The van der Waals surface area contributed by atoms with Gasteiger partial charge in [-0.25, -0.2) is 4.98 Å². The molecule has 0 saturated heterocycles. The fourth-order valence-electron chi connectivity index (χ4n) is 0.822. The summed E-state index contributed by atoms with van der Waals surface area (Å²) in [6.45, 7) is 7.99. The Morgan fingerprint density at radius 1 is 1.43 bits per heavy atom. The van der Waals surface area contributed by atoms with Crippen LogP contribution in [-0.4, -0.2) is 17.4 Å². The molecule has 0 aliphatic rings. The van der Waals surface area contributed by atoms with Crippen LogP contribution in [0.5, 0.6) is 5.88 Å². The first-order valence-corrected chi connectivity index (χ1v) is 4.84. The highest BCUT2D eigenvalue weighted by Gasteiger charge is 1.99. The second-order valence-corrected chi connectivity index (χ2v) is 2.37. The third-order valence-corrected chi connectivity index (χ3v) is 1.44. The van der Waals surface area contributed by atoms with E-state index in [1.165, 1.54) is 13.1 Å². The number of hydrogen-bond acceptors (Lipinski definition) is 3. The second-order valence-electron chi connectivity index (χ2n) is 2.37. The largest absolute Gasteiger partial charge is 0.478 e. The number of carbonyl (C=O) groups excluding carboxylic acids is 1. The standard InChI is InChI=1S/C9H11NO2.C2H6/c1-3-12-9-5-4-8(6-10-9)7(2)11;1-2/h4-6H,3H2,1-2H3;1-2H3. The van der Waals surface area contributed by atoms with Crippen molar-refractivity contribution in [2.45, 2.75) is 27.7 Å². The van der Waals surface area contributed by atoms with E-state index >= 15 is 0 Å².